The summed E-state index contributed by atoms with van der Waals surface area (Å²) in [5.41, 5.74) is 0. The molecule has 1 amide bonds. The molecule has 138 valence electrons. The maximum Gasteiger partial charge on any atom is 0.244 e. The van der Waals surface area contributed by atoms with Crippen molar-refractivity contribution >= 4 is 29.4 Å². The van der Waals surface area contributed by atoms with E-state index in [9.17, 15) is 4.79 Å². The lowest BCUT2D eigenvalue weighted by atomic mass is 10.4. The maximum absolute atomic E-state index is 11.8. The fourth-order valence-corrected chi connectivity index (χ4v) is 2.27. The zero-order valence-corrected chi connectivity index (χ0v) is 14.8. The van der Waals surface area contributed by atoms with Crippen LogP contribution in [0.3, 0.4) is 0 Å². The van der Waals surface area contributed by atoms with Crippen LogP contribution >= 0.6 is 0 Å². The van der Waals surface area contributed by atoms with Crippen LogP contribution in [0.2, 0.25) is 0 Å². The van der Waals surface area contributed by atoms with E-state index in [0.717, 1.165) is 0 Å². The molecular weight excluding hydrogens is 344 g/mol. The molecule has 0 aromatic carbocycles. The predicted octanol–water partition coefficient (Wildman–Crippen LogP) is 2.76. The highest BCUT2D eigenvalue weighted by atomic mass is 16.3. The molecule has 3 rings (SSSR count). The predicted molar refractivity (Wildman–Crippen MR) is 104 cm³/mol. The summed E-state index contributed by atoms with van der Waals surface area (Å²) in [5, 5.41) is 9.09. The lowest BCUT2D eigenvalue weighted by Gasteiger charge is -2.10. The quantitative estimate of drug-likeness (QED) is 0.417. The van der Waals surface area contributed by atoms with Crippen molar-refractivity contribution in [3.63, 3.8) is 0 Å². The molecule has 3 aromatic heterocycles. The van der Waals surface area contributed by atoms with Gasteiger partial charge >= 0.3 is 0 Å². The first-order chi connectivity index (χ1) is 13.2. The standard InChI is InChI=1S/C19H20N6O2/c1-14-23-17(13-18(24-14)25-16-6-2-3-9-20-16)21-10-11-22-19(26)8-7-15-5-4-12-27-15/h2-9,12-13H,10-11H2,1H3,(H,22,26)(H2,20,21,23,24,25)/b8-7+. The number of nitrogens with one attached hydrogen (secondary N) is 3. The highest BCUT2D eigenvalue weighted by Gasteiger charge is 2.03. The van der Waals surface area contributed by atoms with Crippen molar-refractivity contribution in [2.75, 3.05) is 23.7 Å². The van der Waals surface area contributed by atoms with Crippen LogP contribution in [0.4, 0.5) is 17.5 Å². The molecule has 8 nitrogen and oxygen atoms in total. The van der Waals surface area contributed by atoms with Gasteiger partial charge in [0.05, 0.1) is 6.26 Å². The van der Waals surface area contributed by atoms with E-state index in [0.29, 0.717) is 42.1 Å². The summed E-state index contributed by atoms with van der Waals surface area (Å²) in [6.45, 7) is 2.79. The number of pyridine rings is 1. The number of carbonyl (C=O) groups is 1. The number of aryl methyl sites for hydroxylation is 1. The number of hydrogen-bond acceptors (Lipinski definition) is 7. The van der Waals surface area contributed by atoms with Gasteiger partial charge in [0.25, 0.3) is 0 Å². The van der Waals surface area contributed by atoms with Crippen molar-refractivity contribution in [1.29, 1.82) is 0 Å². The Morgan fingerprint density at radius 2 is 2.00 bits per heavy atom. The number of amides is 1. The van der Waals surface area contributed by atoms with Gasteiger partial charge in [-0.3, -0.25) is 4.79 Å². The normalized spacial score (nSPS) is 10.7. The highest BCUT2D eigenvalue weighted by molar-refractivity contribution is 5.91. The lowest BCUT2D eigenvalue weighted by Crippen LogP contribution is -2.27. The van der Waals surface area contributed by atoms with Crippen LogP contribution in [0.5, 0.6) is 0 Å². The Hall–Kier alpha value is -3.68. The first-order valence-electron chi connectivity index (χ1n) is 8.46. The van der Waals surface area contributed by atoms with Gasteiger partial charge in [-0.25, -0.2) is 15.0 Å². The van der Waals surface area contributed by atoms with E-state index < -0.39 is 0 Å². The molecule has 0 saturated carbocycles. The third-order valence-corrected chi connectivity index (χ3v) is 3.43. The Labute approximate surface area is 156 Å². The van der Waals surface area contributed by atoms with Crippen LogP contribution in [0, 0.1) is 6.92 Å². The molecule has 0 aliphatic rings. The van der Waals surface area contributed by atoms with Gasteiger partial charge in [0.1, 0.15) is 29.0 Å². The van der Waals surface area contributed by atoms with Crippen molar-refractivity contribution in [2.45, 2.75) is 6.92 Å². The van der Waals surface area contributed by atoms with Crippen molar-refractivity contribution in [3.05, 3.63) is 66.5 Å². The molecule has 0 radical (unpaired) electrons. The SMILES string of the molecule is Cc1nc(NCCNC(=O)/C=C/c2ccco2)cc(Nc2ccccn2)n1. The molecule has 0 aliphatic heterocycles. The molecule has 3 aromatic rings. The van der Waals surface area contributed by atoms with Gasteiger partial charge in [0, 0.05) is 31.4 Å². The first kappa shape index (κ1) is 18.1. The van der Waals surface area contributed by atoms with E-state index >= 15 is 0 Å². The molecule has 0 atom stereocenters. The van der Waals surface area contributed by atoms with E-state index in [-0.39, 0.29) is 5.91 Å². The molecule has 0 spiro atoms. The second kappa shape index (κ2) is 9.14. The summed E-state index contributed by atoms with van der Waals surface area (Å²) in [6.07, 6.45) is 6.31. The van der Waals surface area contributed by atoms with Crippen molar-refractivity contribution in [2.24, 2.45) is 0 Å². The molecule has 0 aliphatic carbocycles. The van der Waals surface area contributed by atoms with E-state index in [2.05, 4.69) is 30.9 Å². The van der Waals surface area contributed by atoms with E-state index in [4.69, 9.17) is 4.42 Å². The minimum absolute atomic E-state index is 0.190. The Kier molecular flexibility index (Phi) is 6.13. The fraction of sp³-hybridized carbons (Fsp3) is 0.158. The second-order valence-corrected chi connectivity index (χ2v) is 5.59. The summed E-state index contributed by atoms with van der Waals surface area (Å²) >= 11 is 0. The largest absolute Gasteiger partial charge is 0.465 e. The number of aromatic nitrogens is 3. The van der Waals surface area contributed by atoms with Gasteiger partial charge < -0.3 is 20.4 Å². The molecule has 3 heterocycles. The first-order valence-corrected chi connectivity index (χ1v) is 8.46. The smallest absolute Gasteiger partial charge is 0.244 e. The molecule has 0 saturated heterocycles. The molecule has 0 unspecified atom stereocenters. The maximum atomic E-state index is 11.8. The zero-order chi connectivity index (χ0) is 18.9. The van der Waals surface area contributed by atoms with Crippen LogP contribution in [0.25, 0.3) is 6.08 Å². The lowest BCUT2D eigenvalue weighted by molar-refractivity contribution is -0.116. The minimum Gasteiger partial charge on any atom is -0.465 e. The molecule has 8 heteroatoms. The molecule has 3 N–H and O–H groups in total. The zero-order valence-electron chi connectivity index (χ0n) is 14.8. The summed E-state index contributed by atoms with van der Waals surface area (Å²) in [5.74, 6) is 3.09. The Bertz CT molecular complexity index is 894. The van der Waals surface area contributed by atoms with Gasteiger partial charge in [0.15, 0.2) is 0 Å². The van der Waals surface area contributed by atoms with Gasteiger partial charge in [-0.15, -0.1) is 0 Å². The van der Waals surface area contributed by atoms with Crippen LogP contribution in [0.1, 0.15) is 11.6 Å². The topological polar surface area (TPSA) is 105 Å². The molecule has 27 heavy (non-hydrogen) atoms. The average molecular weight is 364 g/mol. The van der Waals surface area contributed by atoms with Gasteiger partial charge in [0.2, 0.25) is 5.91 Å². The highest BCUT2D eigenvalue weighted by Crippen LogP contribution is 2.15. The Morgan fingerprint density at radius 3 is 2.78 bits per heavy atom. The number of anilines is 3. The Balaban J connectivity index is 1.47. The number of rotatable bonds is 8. The summed E-state index contributed by atoms with van der Waals surface area (Å²) in [7, 11) is 0. The second-order valence-electron chi connectivity index (χ2n) is 5.59. The third-order valence-electron chi connectivity index (χ3n) is 3.43. The van der Waals surface area contributed by atoms with Crippen LogP contribution < -0.4 is 16.0 Å². The summed E-state index contributed by atoms with van der Waals surface area (Å²) < 4.78 is 5.13. The Morgan fingerprint density at radius 1 is 1.11 bits per heavy atom. The van der Waals surface area contributed by atoms with Crippen molar-refractivity contribution in [3.8, 4) is 0 Å². The number of carbonyl (C=O) groups excluding carboxylic acids is 1. The van der Waals surface area contributed by atoms with Crippen LogP contribution in [-0.2, 0) is 4.79 Å². The number of hydrogen-bond donors (Lipinski definition) is 3. The van der Waals surface area contributed by atoms with Crippen LogP contribution in [0.15, 0.2) is 59.4 Å². The minimum atomic E-state index is -0.190. The van der Waals surface area contributed by atoms with E-state index in [1.165, 1.54) is 6.08 Å². The van der Waals surface area contributed by atoms with Crippen LogP contribution in [-0.4, -0.2) is 33.9 Å². The van der Waals surface area contributed by atoms with Crippen molar-refractivity contribution < 1.29 is 9.21 Å². The average Bonchev–Trinajstić information content (AvgIpc) is 3.18. The van der Waals surface area contributed by atoms with Gasteiger partial charge in [-0.05, 0) is 37.3 Å². The van der Waals surface area contributed by atoms with Gasteiger partial charge in [-0.2, -0.15) is 0 Å². The summed E-state index contributed by atoms with van der Waals surface area (Å²) in [6, 6.07) is 10.9. The molecule has 0 fully saturated rings. The monoisotopic (exact) mass is 364 g/mol. The third kappa shape index (κ3) is 5.96. The van der Waals surface area contributed by atoms with Gasteiger partial charge in [-0.1, -0.05) is 6.07 Å². The molecular formula is C19H20N6O2. The molecule has 0 bridgehead atoms. The fourth-order valence-electron chi connectivity index (χ4n) is 2.27. The number of furan rings is 1. The van der Waals surface area contributed by atoms with E-state index in [1.807, 2.05) is 25.1 Å². The van der Waals surface area contributed by atoms with E-state index in [1.54, 1.807) is 36.7 Å². The number of nitrogens with zero attached hydrogens (tertiary/aromatic N) is 3. The summed E-state index contributed by atoms with van der Waals surface area (Å²) in [4.78, 5) is 24.6. The van der Waals surface area contributed by atoms with Crippen molar-refractivity contribution in [1.82, 2.24) is 20.3 Å².